The van der Waals surface area contributed by atoms with E-state index in [4.69, 9.17) is 0 Å². The maximum absolute atomic E-state index is 9.20. The van der Waals surface area contributed by atoms with Crippen LogP contribution in [-0.4, -0.2) is 16.5 Å². The minimum Gasteiger partial charge on any atom is -0.339 e. The van der Waals surface area contributed by atoms with Crippen LogP contribution in [0.4, 0.5) is 23.0 Å². The normalized spacial score (nSPS) is 10.0. The monoisotopic (exact) mass is 315 g/mol. The Kier molecular flexibility index (Phi) is 4.68. The van der Waals surface area contributed by atoms with Crippen molar-refractivity contribution >= 4 is 23.0 Å². The average molecular weight is 315 g/mol. The van der Waals surface area contributed by atoms with Crippen LogP contribution < -0.4 is 10.2 Å². The fourth-order valence-electron chi connectivity index (χ4n) is 2.48. The fraction of sp³-hybridized carbons (Fsp3) is 0.105. The lowest BCUT2D eigenvalue weighted by Gasteiger charge is -2.22. The lowest BCUT2D eigenvalue weighted by atomic mass is 10.2. The number of rotatable bonds is 5. The second-order valence-electron chi connectivity index (χ2n) is 5.12. The van der Waals surface area contributed by atoms with E-state index in [0.29, 0.717) is 11.4 Å². The van der Waals surface area contributed by atoms with Crippen LogP contribution in [0.3, 0.4) is 0 Å². The molecule has 2 aromatic carbocycles. The first kappa shape index (κ1) is 15.5. The number of hydrogen-bond acceptors (Lipinski definition) is 5. The predicted molar refractivity (Wildman–Crippen MR) is 95.6 cm³/mol. The third kappa shape index (κ3) is 3.33. The zero-order valence-corrected chi connectivity index (χ0v) is 13.3. The summed E-state index contributed by atoms with van der Waals surface area (Å²) in [7, 11) is 0. The third-order valence-corrected chi connectivity index (χ3v) is 3.62. The van der Waals surface area contributed by atoms with Gasteiger partial charge in [-0.05, 0) is 31.2 Å². The number of nitrogens with zero attached hydrogens (tertiary/aromatic N) is 4. The summed E-state index contributed by atoms with van der Waals surface area (Å²) in [5.41, 5.74) is 2.38. The molecule has 0 bridgehead atoms. The molecule has 0 fully saturated rings. The van der Waals surface area contributed by atoms with Crippen molar-refractivity contribution in [3.8, 4) is 6.07 Å². The summed E-state index contributed by atoms with van der Waals surface area (Å²) in [6.07, 6.45) is 1.53. The molecule has 3 rings (SSSR count). The number of benzene rings is 2. The van der Waals surface area contributed by atoms with E-state index in [2.05, 4.69) is 33.2 Å². The van der Waals surface area contributed by atoms with E-state index >= 15 is 0 Å². The lowest BCUT2D eigenvalue weighted by molar-refractivity contribution is 0.977. The largest absolute Gasteiger partial charge is 0.339 e. The minimum absolute atomic E-state index is 0.577. The van der Waals surface area contributed by atoms with Crippen molar-refractivity contribution in [3.05, 3.63) is 72.6 Å². The van der Waals surface area contributed by atoms with E-state index in [-0.39, 0.29) is 0 Å². The number of nitrogens with one attached hydrogen (secondary N) is 1. The summed E-state index contributed by atoms with van der Waals surface area (Å²) in [5, 5.41) is 12.4. The van der Waals surface area contributed by atoms with Gasteiger partial charge in [-0.15, -0.1) is 0 Å². The molecule has 0 atom stereocenters. The van der Waals surface area contributed by atoms with E-state index in [1.807, 2.05) is 54.6 Å². The Hall–Kier alpha value is -3.39. The second-order valence-corrected chi connectivity index (χ2v) is 5.12. The summed E-state index contributed by atoms with van der Waals surface area (Å²) in [6.45, 7) is 2.86. The Morgan fingerprint density at radius 1 is 1.04 bits per heavy atom. The van der Waals surface area contributed by atoms with Gasteiger partial charge in [0, 0.05) is 18.3 Å². The Labute approximate surface area is 141 Å². The first-order chi connectivity index (χ1) is 11.8. The summed E-state index contributed by atoms with van der Waals surface area (Å²) >= 11 is 0. The number of nitriles is 1. The zero-order chi connectivity index (χ0) is 16.8. The highest BCUT2D eigenvalue weighted by molar-refractivity contribution is 5.68. The van der Waals surface area contributed by atoms with E-state index < -0.39 is 0 Å². The maximum Gasteiger partial charge on any atom is 0.138 e. The molecule has 0 radical (unpaired) electrons. The van der Waals surface area contributed by atoms with Crippen LogP contribution in [0.5, 0.6) is 0 Å². The van der Waals surface area contributed by atoms with Crippen LogP contribution in [0.15, 0.2) is 67.0 Å². The zero-order valence-electron chi connectivity index (χ0n) is 13.3. The molecule has 24 heavy (non-hydrogen) atoms. The van der Waals surface area contributed by atoms with Crippen molar-refractivity contribution in [1.82, 2.24) is 9.97 Å². The van der Waals surface area contributed by atoms with Crippen molar-refractivity contribution in [1.29, 1.82) is 5.26 Å². The summed E-state index contributed by atoms with van der Waals surface area (Å²) in [5.74, 6) is 1.45. The highest BCUT2D eigenvalue weighted by atomic mass is 15.2. The SMILES string of the molecule is CCN(c1ccccc1)c1cc(Nc2ccccc2C#N)ncn1. The van der Waals surface area contributed by atoms with Crippen molar-refractivity contribution in [2.75, 3.05) is 16.8 Å². The number of hydrogen-bond donors (Lipinski definition) is 1. The Morgan fingerprint density at radius 3 is 2.54 bits per heavy atom. The van der Waals surface area contributed by atoms with Gasteiger partial charge in [0.1, 0.15) is 24.0 Å². The standard InChI is InChI=1S/C19H17N5/c1-2-24(16-9-4-3-5-10-16)19-12-18(21-14-22-19)23-17-11-7-6-8-15(17)13-20/h3-12,14H,2H2,1H3,(H,21,22,23). The molecule has 1 N–H and O–H groups in total. The van der Waals surface area contributed by atoms with Gasteiger partial charge in [-0.1, -0.05) is 30.3 Å². The van der Waals surface area contributed by atoms with Crippen molar-refractivity contribution in [2.45, 2.75) is 6.92 Å². The molecule has 5 heteroatoms. The molecule has 0 saturated heterocycles. The van der Waals surface area contributed by atoms with Gasteiger partial charge in [0.15, 0.2) is 0 Å². The van der Waals surface area contributed by atoms with Crippen LogP contribution in [-0.2, 0) is 0 Å². The molecular formula is C19H17N5. The highest BCUT2D eigenvalue weighted by Crippen LogP contribution is 2.25. The van der Waals surface area contributed by atoms with Gasteiger partial charge in [0.2, 0.25) is 0 Å². The van der Waals surface area contributed by atoms with E-state index in [1.54, 1.807) is 6.07 Å². The van der Waals surface area contributed by atoms with Gasteiger partial charge in [-0.25, -0.2) is 9.97 Å². The molecule has 0 saturated carbocycles. The van der Waals surface area contributed by atoms with Crippen LogP contribution in [0.25, 0.3) is 0 Å². The predicted octanol–water partition coefficient (Wildman–Crippen LogP) is 4.25. The minimum atomic E-state index is 0.577. The second kappa shape index (κ2) is 7.25. The van der Waals surface area contributed by atoms with Gasteiger partial charge in [0.25, 0.3) is 0 Å². The van der Waals surface area contributed by atoms with Gasteiger partial charge < -0.3 is 10.2 Å². The molecular weight excluding hydrogens is 298 g/mol. The van der Waals surface area contributed by atoms with E-state index in [0.717, 1.165) is 23.7 Å². The molecule has 0 spiro atoms. The van der Waals surface area contributed by atoms with Gasteiger partial charge in [-0.3, -0.25) is 0 Å². The molecule has 1 heterocycles. The topological polar surface area (TPSA) is 64.8 Å². The Morgan fingerprint density at radius 2 is 1.79 bits per heavy atom. The smallest absolute Gasteiger partial charge is 0.138 e. The number of para-hydroxylation sites is 2. The van der Waals surface area contributed by atoms with Gasteiger partial charge in [0.05, 0.1) is 11.3 Å². The molecule has 0 unspecified atom stereocenters. The molecule has 0 amide bonds. The molecule has 5 nitrogen and oxygen atoms in total. The first-order valence-electron chi connectivity index (χ1n) is 7.72. The van der Waals surface area contributed by atoms with Crippen molar-refractivity contribution in [3.63, 3.8) is 0 Å². The van der Waals surface area contributed by atoms with Crippen LogP contribution >= 0.6 is 0 Å². The lowest BCUT2D eigenvalue weighted by Crippen LogP contribution is -2.17. The van der Waals surface area contributed by atoms with Crippen LogP contribution in [0.2, 0.25) is 0 Å². The molecule has 0 aliphatic rings. The average Bonchev–Trinajstić information content (AvgIpc) is 2.64. The summed E-state index contributed by atoms with van der Waals surface area (Å²) < 4.78 is 0. The molecule has 1 aromatic heterocycles. The summed E-state index contributed by atoms with van der Waals surface area (Å²) in [4.78, 5) is 10.7. The molecule has 0 aliphatic carbocycles. The van der Waals surface area contributed by atoms with Crippen LogP contribution in [0.1, 0.15) is 12.5 Å². The number of anilines is 4. The van der Waals surface area contributed by atoms with Gasteiger partial charge >= 0.3 is 0 Å². The third-order valence-electron chi connectivity index (χ3n) is 3.62. The molecule has 0 aliphatic heterocycles. The van der Waals surface area contributed by atoms with Crippen LogP contribution in [0, 0.1) is 11.3 Å². The van der Waals surface area contributed by atoms with Gasteiger partial charge in [-0.2, -0.15) is 5.26 Å². The van der Waals surface area contributed by atoms with E-state index in [9.17, 15) is 5.26 Å². The molecule has 118 valence electrons. The number of aromatic nitrogens is 2. The van der Waals surface area contributed by atoms with Crippen molar-refractivity contribution < 1.29 is 0 Å². The first-order valence-corrected chi connectivity index (χ1v) is 7.72. The maximum atomic E-state index is 9.20. The Balaban J connectivity index is 1.90. The highest BCUT2D eigenvalue weighted by Gasteiger charge is 2.10. The fourth-order valence-corrected chi connectivity index (χ4v) is 2.48. The van der Waals surface area contributed by atoms with E-state index in [1.165, 1.54) is 6.33 Å². The molecule has 3 aromatic rings. The summed E-state index contributed by atoms with van der Waals surface area (Å²) in [6, 6.07) is 21.5. The quantitative estimate of drug-likeness (QED) is 0.762. The van der Waals surface area contributed by atoms with Crippen molar-refractivity contribution in [2.24, 2.45) is 0 Å². The Bertz CT molecular complexity index is 855.